The maximum Gasteiger partial charge on any atom is 0.410 e. The first-order valence-electron chi connectivity index (χ1n) is 7.48. The van der Waals surface area contributed by atoms with Crippen LogP contribution in [-0.2, 0) is 16.1 Å². The highest BCUT2D eigenvalue weighted by atomic mass is 79.9. The molecule has 1 fully saturated rings. The van der Waals surface area contributed by atoms with Gasteiger partial charge in [0.2, 0.25) is 0 Å². The van der Waals surface area contributed by atoms with Crippen LogP contribution in [0.1, 0.15) is 17.2 Å². The van der Waals surface area contributed by atoms with E-state index in [4.69, 9.17) is 9.15 Å². The van der Waals surface area contributed by atoms with E-state index in [0.717, 1.165) is 5.56 Å². The van der Waals surface area contributed by atoms with Crippen molar-refractivity contribution in [2.75, 3.05) is 13.1 Å². The van der Waals surface area contributed by atoms with Crippen molar-refractivity contribution >= 4 is 28.0 Å². The number of carbonyl (C=O) groups is 2. The van der Waals surface area contributed by atoms with E-state index < -0.39 is 23.9 Å². The van der Waals surface area contributed by atoms with Gasteiger partial charge in [-0.05, 0) is 33.6 Å². The second-order valence-corrected chi connectivity index (χ2v) is 6.42. The Labute approximate surface area is 147 Å². The van der Waals surface area contributed by atoms with Crippen LogP contribution >= 0.6 is 15.9 Å². The number of aliphatic carboxylic acids is 1. The molecule has 0 spiro atoms. The van der Waals surface area contributed by atoms with Gasteiger partial charge in [-0.1, -0.05) is 30.3 Å². The lowest BCUT2D eigenvalue weighted by Gasteiger charge is -2.15. The number of benzene rings is 1. The van der Waals surface area contributed by atoms with Gasteiger partial charge in [-0.3, -0.25) is 4.79 Å². The molecule has 1 aromatic carbocycles. The molecule has 1 aliphatic heterocycles. The predicted molar refractivity (Wildman–Crippen MR) is 88.5 cm³/mol. The Morgan fingerprint density at radius 1 is 1.21 bits per heavy atom. The van der Waals surface area contributed by atoms with Crippen molar-refractivity contribution in [2.24, 2.45) is 5.92 Å². The number of hydrogen-bond donors (Lipinski definition) is 1. The molecule has 126 valence electrons. The summed E-state index contributed by atoms with van der Waals surface area (Å²) in [5.41, 5.74) is 0.881. The summed E-state index contributed by atoms with van der Waals surface area (Å²) >= 11 is 3.21. The van der Waals surface area contributed by atoms with E-state index in [1.807, 2.05) is 30.3 Å². The third kappa shape index (κ3) is 3.62. The number of hydrogen-bond acceptors (Lipinski definition) is 4. The van der Waals surface area contributed by atoms with E-state index >= 15 is 0 Å². The lowest BCUT2D eigenvalue weighted by molar-refractivity contribution is -0.141. The molecule has 2 unspecified atom stereocenters. The molecular formula is C17H16BrNO5. The molecule has 1 N–H and O–H groups in total. The zero-order valence-electron chi connectivity index (χ0n) is 12.7. The van der Waals surface area contributed by atoms with Crippen LogP contribution in [0.5, 0.6) is 0 Å². The van der Waals surface area contributed by atoms with Gasteiger partial charge >= 0.3 is 12.1 Å². The zero-order valence-corrected chi connectivity index (χ0v) is 14.3. The fraction of sp³-hybridized carbons (Fsp3) is 0.294. The Morgan fingerprint density at radius 2 is 1.96 bits per heavy atom. The molecule has 24 heavy (non-hydrogen) atoms. The van der Waals surface area contributed by atoms with E-state index in [9.17, 15) is 14.7 Å². The van der Waals surface area contributed by atoms with Crippen LogP contribution in [0.15, 0.2) is 51.6 Å². The van der Waals surface area contributed by atoms with Crippen LogP contribution in [0.3, 0.4) is 0 Å². The summed E-state index contributed by atoms with van der Waals surface area (Å²) in [4.78, 5) is 25.2. The summed E-state index contributed by atoms with van der Waals surface area (Å²) < 4.78 is 11.3. The van der Waals surface area contributed by atoms with Crippen LogP contribution in [-0.4, -0.2) is 35.2 Å². The summed E-state index contributed by atoms with van der Waals surface area (Å²) in [5.74, 6) is -1.51. The van der Waals surface area contributed by atoms with Gasteiger partial charge in [-0.2, -0.15) is 0 Å². The van der Waals surface area contributed by atoms with Crippen molar-refractivity contribution in [2.45, 2.75) is 12.5 Å². The molecule has 1 aliphatic rings. The van der Waals surface area contributed by atoms with Gasteiger partial charge in [-0.25, -0.2) is 4.79 Å². The fourth-order valence-electron chi connectivity index (χ4n) is 2.83. The van der Waals surface area contributed by atoms with Crippen LogP contribution in [0.25, 0.3) is 0 Å². The number of carboxylic acid groups (broad SMARTS) is 1. The number of carbonyl (C=O) groups excluding carboxylic acids is 1. The fourth-order valence-corrected chi connectivity index (χ4v) is 3.15. The number of likely N-dealkylation sites (tertiary alicyclic amines) is 1. The van der Waals surface area contributed by atoms with E-state index in [2.05, 4.69) is 15.9 Å². The first-order chi connectivity index (χ1) is 11.5. The van der Waals surface area contributed by atoms with Crippen molar-refractivity contribution in [1.29, 1.82) is 0 Å². The summed E-state index contributed by atoms with van der Waals surface area (Å²) in [6.07, 6.45) is -0.516. The Balaban J connectivity index is 1.66. The van der Waals surface area contributed by atoms with E-state index in [1.54, 1.807) is 12.1 Å². The monoisotopic (exact) mass is 393 g/mol. The standard InChI is InChI=1S/C17H16BrNO5/c18-15-7-6-14(24-15)12-8-19(9-13(12)16(20)21)17(22)23-10-11-4-2-1-3-5-11/h1-7,12-13H,8-10H2,(H,20,21). The Morgan fingerprint density at radius 3 is 2.58 bits per heavy atom. The molecule has 0 radical (unpaired) electrons. The number of rotatable bonds is 4. The normalized spacial score (nSPS) is 20.1. The summed E-state index contributed by atoms with van der Waals surface area (Å²) in [7, 11) is 0. The molecule has 1 amide bonds. The van der Waals surface area contributed by atoms with Crippen molar-refractivity contribution < 1.29 is 23.8 Å². The number of nitrogens with zero attached hydrogens (tertiary/aromatic N) is 1. The molecule has 2 heterocycles. The van der Waals surface area contributed by atoms with Gasteiger partial charge in [0.25, 0.3) is 0 Å². The summed E-state index contributed by atoms with van der Waals surface area (Å²) in [6.45, 7) is 0.515. The highest BCUT2D eigenvalue weighted by Crippen LogP contribution is 2.35. The lowest BCUT2D eigenvalue weighted by Crippen LogP contribution is -2.30. The molecule has 1 saturated heterocycles. The minimum absolute atomic E-state index is 0.103. The molecule has 6 nitrogen and oxygen atoms in total. The smallest absolute Gasteiger partial charge is 0.410 e. The number of ether oxygens (including phenoxy) is 1. The third-order valence-corrected chi connectivity index (χ3v) is 4.49. The van der Waals surface area contributed by atoms with Crippen molar-refractivity contribution in [3.63, 3.8) is 0 Å². The molecular weight excluding hydrogens is 378 g/mol. The molecule has 0 bridgehead atoms. The number of carboxylic acids is 1. The molecule has 0 aliphatic carbocycles. The van der Waals surface area contributed by atoms with Crippen LogP contribution in [0.4, 0.5) is 4.79 Å². The van der Waals surface area contributed by atoms with Gasteiger partial charge in [0.05, 0.1) is 5.92 Å². The Bertz CT molecular complexity index is 730. The first-order valence-corrected chi connectivity index (χ1v) is 8.27. The highest BCUT2D eigenvalue weighted by Gasteiger charge is 2.42. The molecule has 1 aromatic heterocycles. The largest absolute Gasteiger partial charge is 0.481 e. The first kappa shape index (κ1) is 16.6. The van der Waals surface area contributed by atoms with Gasteiger partial charge in [-0.15, -0.1) is 0 Å². The van der Waals surface area contributed by atoms with Crippen LogP contribution in [0.2, 0.25) is 0 Å². The van der Waals surface area contributed by atoms with Gasteiger partial charge in [0, 0.05) is 19.0 Å². The lowest BCUT2D eigenvalue weighted by atomic mass is 9.94. The average Bonchev–Trinajstić information content (AvgIpc) is 3.20. The Kier molecular flexibility index (Phi) is 4.89. The molecule has 2 aromatic rings. The second kappa shape index (κ2) is 7.09. The van der Waals surface area contributed by atoms with E-state index in [-0.39, 0.29) is 19.7 Å². The quantitative estimate of drug-likeness (QED) is 0.859. The van der Waals surface area contributed by atoms with Crippen molar-refractivity contribution in [3.05, 3.63) is 58.5 Å². The maximum atomic E-state index is 12.2. The molecule has 0 saturated carbocycles. The molecule has 3 rings (SSSR count). The molecule has 2 atom stereocenters. The van der Waals surface area contributed by atoms with Crippen molar-refractivity contribution in [3.8, 4) is 0 Å². The maximum absolute atomic E-state index is 12.2. The zero-order chi connectivity index (χ0) is 17.1. The molecule has 7 heteroatoms. The minimum Gasteiger partial charge on any atom is -0.481 e. The van der Waals surface area contributed by atoms with E-state index in [0.29, 0.717) is 10.4 Å². The van der Waals surface area contributed by atoms with Gasteiger partial charge < -0.3 is 19.2 Å². The second-order valence-electron chi connectivity index (χ2n) is 5.64. The minimum atomic E-state index is -0.953. The number of amides is 1. The summed E-state index contributed by atoms with van der Waals surface area (Å²) in [5, 5.41) is 9.43. The average molecular weight is 394 g/mol. The Hall–Kier alpha value is -2.28. The number of halogens is 1. The summed E-state index contributed by atoms with van der Waals surface area (Å²) in [6, 6.07) is 12.8. The SMILES string of the molecule is O=C(O)C1CN(C(=O)OCc2ccccc2)CC1c1ccc(Br)o1. The van der Waals surface area contributed by atoms with E-state index in [1.165, 1.54) is 4.90 Å². The van der Waals surface area contributed by atoms with Gasteiger partial charge in [0.15, 0.2) is 4.67 Å². The predicted octanol–water partition coefficient (Wildman–Crippen LogP) is 3.48. The highest BCUT2D eigenvalue weighted by molar-refractivity contribution is 9.10. The van der Waals surface area contributed by atoms with Gasteiger partial charge in [0.1, 0.15) is 12.4 Å². The van der Waals surface area contributed by atoms with Crippen molar-refractivity contribution in [1.82, 2.24) is 4.90 Å². The third-order valence-electron chi connectivity index (χ3n) is 4.06. The topological polar surface area (TPSA) is 80.0 Å². The number of furan rings is 1. The van der Waals surface area contributed by atoms with Crippen LogP contribution < -0.4 is 0 Å². The van der Waals surface area contributed by atoms with Crippen LogP contribution in [0, 0.1) is 5.92 Å².